The Morgan fingerprint density at radius 2 is 1.25 bits per heavy atom. The topological polar surface area (TPSA) is 0 Å². The quantitative estimate of drug-likeness (QED) is 0.390. The van der Waals surface area contributed by atoms with E-state index in [0.717, 1.165) is 7.28 Å². The molecule has 1 aliphatic rings. The minimum Gasteiger partial charge on any atom is -0.0849 e. The van der Waals surface area contributed by atoms with E-state index in [1.807, 2.05) is 0 Å². The minimum atomic E-state index is 1.07. The fourth-order valence-corrected chi connectivity index (χ4v) is 4.02. The molecule has 0 amide bonds. The van der Waals surface area contributed by atoms with Crippen molar-refractivity contribution >= 4 is 23.5 Å². The lowest BCUT2D eigenvalue weighted by Crippen LogP contribution is -2.09. The first kappa shape index (κ1) is 13.6. The molecule has 4 aromatic rings. The van der Waals surface area contributed by atoms with Crippen LogP contribution in [0.4, 0.5) is 0 Å². The van der Waals surface area contributed by atoms with Gasteiger partial charge < -0.3 is 0 Å². The summed E-state index contributed by atoms with van der Waals surface area (Å²) in [6.45, 7) is 2.21. The second-order valence-corrected chi connectivity index (χ2v) is 6.49. The van der Waals surface area contributed by atoms with E-state index in [2.05, 4.69) is 85.7 Å². The van der Waals surface area contributed by atoms with Gasteiger partial charge in [0.25, 0.3) is 0 Å². The highest BCUT2D eigenvalue weighted by Gasteiger charge is 2.21. The fourth-order valence-electron chi connectivity index (χ4n) is 4.02. The van der Waals surface area contributed by atoms with Gasteiger partial charge in [-0.05, 0) is 44.2 Å². The minimum absolute atomic E-state index is 1.07. The van der Waals surface area contributed by atoms with Gasteiger partial charge in [-0.2, -0.15) is 0 Å². The van der Waals surface area contributed by atoms with Gasteiger partial charge in [-0.3, -0.25) is 0 Å². The molecule has 0 aromatic heterocycles. The molecule has 112 valence electrons. The van der Waals surface area contributed by atoms with Crippen LogP contribution in [-0.4, -0.2) is 7.28 Å². The van der Waals surface area contributed by atoms with E-state index in [0.29, 0.717) is 0 Å². The SMILES string of the molecule is CBc1cccc(-c2ccc3c4c(cccc24)-c2ccccc2-3)c1. The van der Waals surface area contributed by atoms with Crippen LogP contribution in [0, 0.1) is 0 Å². The summed E-state index contributed by atoms with van der Waals surface area (Å²) in [5.41, 5.74) is 9.49. The summed E-state index contributed by atoms with van der Waals surface area (Å²) in [7, 11) is 1.07. The maximum atomic E-state index is 2.33. The number of hydrogen-bond acceptors (Lipinski definition) is 0. The molecule has 24 heavy (non-hydrogen) atoms. The van der Waals surface area contributed by atoms with E-state index in [9.17, 15) is 0 Å². The highest BCUT2D eigenvalue weighted by molar-refractivity contribution is 6.52. The summed E-state index contributed by atoms with van der Waals surface area (Å²) >= 11 is 0. The van der Waals surface area contributed by atoms with Gasteiger partial charge in [0.05, 0.1) is 0 Å². The summed E-state index contributed by atoms with van der Waals surface area (Å²) in [5.74, 6) is 0. The number of benzene rings is 4. The van der Waals surface area contributed by atoms with Crippen LogP contribution in [0.2, 0.25) is 6.82 Å². The molecular weight excluding hydrogens is 287 g/mol. The molecule has 0 fully saturated rings. The van der Waals surface area contributed by atoms with Crippen LogP contribution in [0.15, 0.2) is 78.9 Å². The van der Waals surface area contributed by atoms with E-state index >= 15 is 0 Å². The first-order valence-corrected chi connectivity index (χ1v) is 8.61. The molecule has 1 heteroatoms. The van der Waals surface area contributed by atoms with Crippen molar-refractivity contribution in [2.75, 3.05) is 0 Å². The van der Waals surface area contributed by atoms with Crippen LogP contribution >= 0.6 is 0 Å². The van der Waals surface area contributed by atoms with E-state index in [1.54, 1.807) is 0 Å². The van der Waals surface area contributed by atoms with Crippen LogP contribution in [0.25, 0.3) is 44.2 Å². The zero-order chi connectivity index (χ0) is 16.1. The second-order valence-electron chi connectivity index (χ2n) is 6.49. The van der Waals surface area contributed by atoms with Gasteiger partial charge in [0.1, 0.15) is 0 Å². The lowest BCUT2D eigenvalue weighted by atomic mass is 9.72. The summed E-state index contributed by atoms with van der Waals surface area (Å²) in [5, 5.41) is 2.76. The number of fused-ring (bicyclic) bond motifs is 3. The smallest absolute Gasteiger partial charge is 0.0849 e. The average molecular weight is 304 g/mol. The Labute approximate surface area is 143 Å². The molecule has 1 aliphatic carbocycles. The Hall–Kier alpha value is -2.80. The summed E-state index contributed by atoms with van der Waals surface area (Å²) in [6, 6.07) is 29.0. The maximum absolute atomic E-state index is 2.33. The number of rotatable bonds is 2. The Morgan fingerprint density at radius 1 is 0.583 bits per heavy atom. The van der Waals surface area contributed by atoms with Crippen molar-refractivity contribution in [2.24, 2.45) is 0 Å². The molecule has 0 atom stereocenters. The number of hydrogen-bond donors (Lipinski definition) is 0. The largest absolute Gasteiger partial charge is 0.154 e. The van der Waals surface area contributed by atoms with Crippen molar-refractivity contribution in [3.63, 3.8) is 0 Å². The first-order valence-electron chi connectivity index (χ1n) is 8.61. The Kier molecular flexibility index (Phi) is 2.90. The van der Waals surface area contributed by atoms with E-state index in [1.165, 1.54) is 49.6 Å². The monoisotopic (exact) mass is 304 g/mol. The molecule has 0 heterocycles. The third-order valence-corrected chi connectivity index (χ3v) is 5.19. The Morgan fingerprint density at radius 3 is 2.04 bits per heavy atom. The fraction of sp³-hybridized carbons (Fsp3) is 0.0435. The van der Waals surface area contributed by atoms with Crippen molar-refractivity contribution in [3.05, 3.63) is 78.9 Å². The molecular formula is C23H17B. The standard InChI is InChI=1S/C23H17B/c1-24-16-7-4-6-15(14-16)17-12-13-22-19-9-3-2-8-18(19)21-11-5-10-20(17)23(21)22/h2-14,24H,1H3. The molecule has 0 saturated carbocycles. The van der Waals surface area contributed by atoms with Crippen molar-refractivity contribution < 1.29 is 0 Å². The molecule has 5 rings (SSSR count). The second kappa shape index (κ2) is 5.11. The van der Waals surface area contributed by atoms with Gasteiger partial charge in [0.2, 0.25) is 0 Å². The van der Waals surface area contributed by atoms with Crippen LogP contribution < -0.4 is 5.46 Å². The van der Waals surface area contributed by atoms with Gasteiger partial charge in [-0.25, -0.2) is 0 Å². The Bertz CT molecular complexity index is 1060. The summed E-state index contributed by atoms with van der Waals surface area (Å²) in [4.78, 5) is 0. The normalized spacial score (nSPS) is 11.5. The van der Waals surface area contributed by atoms with Crippen LogP contribution in [-0.2, 0) is 0 Å². The zero-order valence-electron chi connectivity index (χ0n) is 13.7. The van der Waals surface area contributed by atoms with Crippen molar-refractivity contribution in [1.82, 2.24) is 0 Å². The van der Waals surface area contributed by atoms with Crippen molar-refractivity contribution in [2.45, 2.75) is 6.82 Å². The molecule has 0 radical (unpaired) electrons. The molecule has 0 aliphatic heterocycles. The van der Waals surface area contributed by atoms with Gasteiger partial charge in [0, 0.05) is 0 Å². The van der Waals surface area contributed by atoms with E-state index in [4.69, 9.17) is 0 Å². The molecule has 0 nitrogen and oxygen atoms in total. The third kappa shape index (κ3) is 1.82. The zero-order valence-corrected chi connectivity index (χ0v) is 13.7. The highest BCUT2D eigenvalue weighted by Crippen LogP contribution is 2.48. The van der Waals surface area contributed by atoms with Gasteiger partial charge in [-0.1, -0.05) is 91.1 Å². The third-order valence-electron chi connectivity index (χ3n) is 5.19. The predicted molar refractivity (Wildman–Crippen MR) is 106 cm³/mol. The van der Waals surface area contributed by atoms with Crippen LogP contribution in [0.1, 0.15) is 0 Å². The Balaban J connectivity index is 1.85. The predicted octanol–water partition coefficient (Wildman–Crippen LogP) is 5.26. The molecule has 0 N–H and O–H groups in total. The molecule has 0 saturated heterocycles. The van der Waals surface area contributed by atoms with E-state index < -0.39 is 0 Å². The molecule has 0 spiro atoms. The van der Waals surface area contributed by atoms with E-state index in [-0.39, 0.29) is 0 Å². The van der Waals surface area contributed by atoms with Crippen molar-refractivity contribution in [3.8, 4) is 33.4 Å². The summed E-state index contributed by atoms with van der Waals surface area (Å²) in [6.07, 6.45) is 0. The van der Waals surface area contributed by atoms with Gasteiger partial charge in [-0.15, -0.1) is 0 Å². The first-order chi connectivity index (χ1) is 11.9. The lowest BCUT2D eigenvalue weighted by molar-refractivity contribution is 1.68. The molecule has 0 bridgehead atoms. The molecule has 0 unspecified atom stereocenters. The van der Waals surface area contributed by atoms with Gasteiger partial charge >= 0.3 is 0 Å². The maximum Gasteiger partial charge on any atom is 0.154 e. The van der Waals surface area contributed by atoms with Crippen molar-refractivity contribution in [1.29, 1.82) is 0 Å². The van der Waals surface area contributed by atoms with Gasteiger partial charge in [0.15, 0.2) is 7.28 Å². The van der Waals surface area contributed by atoms with Crippen LogP contribution in [0.5, 0.6) is 0 Å². The lowest BCUT2D eigenvalue weighted by Gasteiger charge is -2.10. The summed E-state index contributed by atoms with van der Waals surface area (Å²) < 4.78 is 0. The van der Waals surface area contributed by atoms with Crippen LogP contribution in [0.3, 0.4) is 0 Å². The molecule has 4 aromatic carbocycles. The average Bonchev–Trinajstić information content (AvgIpc) is 2.98. The highest BCUT2D eigenvalue weighted by atomic mass is 14.2.